The Hall–Kier alpha value is -1.26. The van der Waals surface area contributed by atoms with Crippen molar-refractivity contribution >= 4 is 12.0 Å². The van der Waals surface area contributed by atoms with Gasteiger partial charge in [-0.1, -0.05) is 0 Å². The molecule has 17 heavy (non-hydrogen) atoms. The van der Waals surface area contributed by atoms with Crippen molar-refractivity contribution in [1.29, 1.82) is 0 Å². The van der Waals surface area contributed by atoms with E-state index < -0.39 is 11.5 Å². The van der Waals surface area contributed by atoms with Crippen molar-refractivity contribution in [1.82, 2.24) is 10.6 Å². The van der Waals surface area contributed by atoms with Crippen molar-refractivity contribution < 1.29 is 14.7 Å². The molecule has 0 aromatic rings. The number of hydrogen-bond acceptors (Lipinski definition) is 2. The number of carbonyl (C=O) groups excluding carboxylic acids is 1. The summed E-state index contributed by atoms with van der Waals surface area (Å²) in [6.07, 6.45) is 4.74. The van der Waals surface area contributed by atoms with Crippen LogP contribution in [0, 0.1) is 11.8 Å². The van der Waals surface area contributed by atoms with Crippen molar-refractivity contribution in [2.24, 2.45) is 11.8 Å². The predicted molar refractivity (Wildman–Crippen MR) is 62.6 cm³/mol. The summed E-state index contributed by atoms with van der Waals surface area (Å²) in [5.74, 6) is 0.199. The Kier molecular flexibility index (Phi) is 3.02. The molecule has 0 aromatic carbocycles. The van der Waals surface area contributed by atoms with Gasteiger partial charge in [0.2, 0.25) is 0 Å². The molecule has 0 saturated heterocycles. The van der Waals surface area contributed by atoms with E-state index >= 15 is 0 Å². The lowest BCUT2D eigenvalue weighted by atomic mass is 10.1. The molecule has 0 bridgehead atoms. The Morgan fingerprint density at radius 3 is 2.00 bits per heavy atom. The van der Waals surface area contributed by atoms with E-state index in [1.54, 1.807) is 0 Å². The highest BCUT2D eigenvalue weighted by molar-refractivity contribution is 5.85. The first-order valence-corrected chi connectivity index (χ1v) is 6.22. The van der Waals surface area contributed by atoms with Gasteiger partial charge in [-0.2, -0.15) is 0 Å². The minimum Gasteiger partial charge on any atom is -0.480 e. The second-order valence-electron chi connectivity index (χ2n) is 5.73. The number of carboxylic acid groups (broad SMARTS) is 1. The molecule has 0 heterocycles. The fraction of sp³-hybridized carbons (Fsp3) is 0.833. The van der Waals surface area contributed by atoms with E-state index in [0.29, 0.717) is 11.8 Å². The third-order valence-corrected chi connectivity index (χ3v) is 3.52. The minimum atomic E-state index is -1.22. The monoisotopic (exact) mass is 240 g/mol. The van der Waals surface area contributed by atoms with Gasteiger partial charge in [0.05, 0.1) is 0 Å². The van der Waals surface area contributed by atoms with Crippen molar-refractivity contribution in [3.63, 3.8) is 0 Å². The Labute approximate surface area is 101 Å². The van der Waals surface area contributed by atoms with Crippen LogP contribution >= 0.6 is 0 Å². The minimum absolute atomic E-state index is 0.250. The Morgan fingerprint density at radius 1 is 1.18 bits per heavy atom. The molecule has 2 saturated carbocycles. The maximum Gasteiger partial charge on any atom is 0.328 e. The molecule has 2 amide bonds. The van der Waals surface area contributed by atoms with Crippen LogP contribution in [0.5, 0.6) is 0 Å². The van der Waals surface area contributed by atoms with Crippen LogP contribution < -0.4 is 10.6 Å². The average molecular weight is 240 g/mol. The quantitative estimate of drug-likeness (QED) is 0.678. The fourth-order valence-electron chi connectivity index (χ4n) is 2.06. The number of rotatable bonds is 5. The smallest absolute Gasteiger partial charge is 0.328 e. The molecular weight excluding hydrogens is 220 g/mol. The summed E-state index contributed by atoms with van der Waals surface area (Å²) in [5, 5.41) is 14.4. The molecular formula is C12H20N2O3. The summed E-state index contributed by atoms with van der Waals surface area (Å²) in [5.41, 5.74) is -1.22. The zero-order chi connectivity index (χ0) is 12.6. The van der Waals surface area contributed by atoms with E-state index in [2.05, 4.69) is 10.6 Å². The van der Waals surface area contributed by atoms with Crippen LogP contribution in [0.2, 0.25) is 0 Å². The Morgan fingerprint density at radius 2 is 1.65 bits per heavy atom. The highest BCUT2D eigenvalue weighted by Crippen LogP contribution is 2.44. The summed E-state index contributed by atoms with van der Waals surface area (Å²) in [6.45, 7) is 2.97. The normalized spacial score (nSPS) is 20.2. The van der Waals surface area contributed by atoms with Gasteiger partial charge >= 0.3 is 12.0 Å². The lowest BCUT2D eigenvalue weighted by Gasteiger charge is -2.24. The predicted octanol–water partition coefficient (Wildman–Crippen LogP) is 1.34. The number of carboxylic acids is 1. The van der Waals surface area contributed by atoms with Crippen LogP contribution in [0.25, 0.3) is 0 Å². The summed E-state index contributed by atoms with van der Waals surface area (Å²) >= 11 is 0. The molecule has 5 heteroatoms. The van der Waals surface area contributed by atoms with Crippen molar-refractivity contribution in [2.45, 2.75) is 51.1 Å². The SMILES string of the molecule is CC(C)(NC(=O)NC(C1CC1)C1CC1)C(=O)O. The summed E-state index contributed by atoms with van der Waals surface area (Å²) < 4.78 is 0. The van der Waals surface area contributed by atoms with Crippen LogP contribution in [0.3, 0.4) is 0 Å². The second kappa shape index (κ2) is 4.20. The molecule has 2 fully saturated rings. The first-order valence-electron chi connectivity index (χ1n) is 6.22. The number of hydrogen-bond donors (Lipinski definition) is 3. The highest BCUT2D eigenvalue weighted by Gasteiger charge is 2.42. The molecule has 3 N–H and O–H groups in total. The molecule has 5 nitrogen and oxygen atoms in total. The average Bonchev–Trinajstić information content (AvgIpc) is 3.06. The Bertz CT molecular complexity index is 321. The lowest BCUT2D eigenvalue weighted by molar-refractivity contribution is -0.142. The number of amides is 2. The van der Waals surface area contributed by atoms with Crippen molar-refractivity contribution in [3.05, 3.63) is 0 Å². The van der Waals surface area contributed by atoms with E-state index in [0.717, 1.165) is 0 Å². The van der Waals surface area contributed by atoms with Gasteiger partial charge in [-0.25, -0.2) is 9.59 Å². The zero-order valence-corrected chi connectivity index (χ0v) is 10.3. The number of aliphatic carboxylic acids is 1. The van der Waals surface area contributed by atoms with Gasteiger partial charge in [0, 0.05) is 6.04 Å². The first-order chi connectivity index (χ1) is 7.90. The van der Waals surface area contributed by atoms with Gasteiger partial charge in [-0.05, 0) is 51.4 Å². The fourth-order valence-corrected chi connectivity index (χ4v) is 2.06. The number of urea groups is 1. The topological polar surface area (TPSA) is 78.4 Å². The van der Waals surface area contributed by atoms with Gasteiger partial charge in [-0.3, -0.25) is 0 Å². The van der Waals surface area contributed by atoms with Crippen LogP contribution in [-0.2, 0) is 4.79 Å². The van der Waals surface area contributed by atoms with E-state index in [4.69, 9.17) is 5.11 Å². The lowest BCUT2D eigenvalue weighted by Crippen LogP contribution is -2.55. The van der Waals surface area contributed by atoms with Crippen LogP contribution in [-0.4, -0.2) is 28.7 Å². The van der Waals surface area contributed by atoms with Gasteiger partial charge in [0.25, 0.3) is 0 Å². The molecule has 96 valence electrons. The van der Waals surface area contributed by atoms with Gasteiger partial charge in [-0.15, -0.1) is 0 Å². The molecule has 0 spiro atoms. The molecule has 0 atom stereocenters. The number of carbonyl (C=O) groups is 2. The molecule has 2 rings (SSSR count). The second-order valence-corrected chi connectivity index (χ2v) is 5.73. The van der Waals surface area contributed by atoms with Crippen molar-refractivity contribution in [2.75, 3.05) is 0 Å². The van der Waals surface area contributed by atoms with E-state index in [9.17, 15) is 9.59 Å². The summed E-state index contributed by atoms with van der Waals surface area (Å²) in [7, 11) is 0. The van der Waals surface area contributed by atoms with Crippen molar-refractivity contribution in [3.8, 4) is 0 Å². The van der Waals surface area contributed by atoms with E-state index in [1.807, 2.05) is 0 Å². The van der Waals surface area contributed by atoms with Crippen LogP contribution in [0.4, 0.5) is 4.79 Å². The highest BCUT2D eigenvalue weighted by atomic mass is 16.4. The van der Waals surface area contributed by atoms with Crippen LogP contribution in [0.1, 0.15) is 39.5 Å². The third kappa shape index (κ3) is 3.11. The summed E-state index contributed by atoms with van der Waals surface area (Å²) in [4.78, 5) is 22.6. The molecule has 0 radical (unpaired) electrons. The van der Waals surface area contributed by atoms with E-state index in [-0.39, 0.29) is 12.1 Å². The molecule has 0 aromatic heterocycles. The largest absolute Gasteiger partial charge is 0.480 e. The number of nitrogens with one attached hydrogen (secondary N) is 2. The molecule has 0 unspecified atom stereocenters. The molecule has 2 aliphatic carbocycles. The molecule has 0 aliphatic heterocycles. The standard InChI is InChI=1S/C12H20N2O3/c1-12(2,10(15)16)14-11(17)13-9(7-3-4-7)8-5-6-8/h7-9H,3-6H2,1-2H3,(H,15,16)(H2,13,14,17). The first kappa shape index (κ1) is 12.2. The van der Waals surface area contributed by atoms with E-state index in [1.165, 1.54) is 39.5 Å². The van der Waals surface area contributed by atoms with Gasteiger partial charge < -0.3 is 15.7 Å². The van der Waals surface area contributed by atoms with Gasteiger partial charge in [0.1, 0.15) is 5.54 Å². The Balaban J connectivity index is 1.85. The maximum absolute atomic E-state index is 11.8. The molecule has 2 aliphatic rings. The van der Waals surface area contributed by atoms with Crippen LogP contribution in [0.15, 0.2) is 0 Å². The zero-order valence-electron chi connectivity index (χ0n) is 10.3. The maximum atomic E-state index is 11.8. The summed E-state index contributed by atoms with van der Waals surface area (Å²) in [6, 6.07) is -0.110. The third-order valence-electron chi connectivity index (χ3n) is 3.52. The van der Waals surface area contributed by atoms with Gasteiger partial charge in [0.15, 0.2) is 0 Å².